The highest BCUT2D eigenvalue weighted by Crippen LogP contribution is 2.35. The number of nitrogens with one attached hydrogen (secondary N) is 3. The minimum atomic E-state index is -4.91. The molecule has 0 radical (unpaired) electrons. The summed E-state index contributed by atoms with van der Waals surface area (Å²) in [6.45, 7) is 8.92. The summed E-state index contributed by atoms with van der Waals surface area (Å²) in [6.07, 6.45) is -1.11. The van der Waals surface area contributed by atoms with Crippen LogP contribution >= 0.6 is 0 Å². The van der Waals surface area contributed by atoms with E-state index in [1.165, 1.54) is 18.2 Å². The Bertz CT molecular complexity index is 1150. The molecule has 2 aromatic rings. The van der Waals surface area contributed by atoms with Gasteiger partial charge in [-0.3, -0.25) is 9.59 Å². The molecule has 0 spiro atoms. The molecule has 1 aliphatic rings. The van der Waals surface area contributed by atoms with E-state index in [2.05, 4.69) is 22.2 Å². The van der Waals surface area contributed by atoms with E-state index in [1.807, 2.05) is 11.8 Å². The van der Waals surface area contributed by atoms with Crippen LogP contribution in [0.3, 0.4) is 0 Å². The molecule has 0 aliphatic carbocycles. The zero-order chi connectivity index (χ0) is 24.3. The number of rotatable bonds is 5. The minimum absolute atomic E-state index is 0.0837. The Morgan fingerprint density at radius 3 is 2.61 bits per heavy atom. The summed E-state index contributed by atoms with van der Waals surface area (Å²) in [6, 6.07) is 3.05. The lowest BCUT2D eigenvalue weighted by Gasteiger charge is -2.35. The van der Waals surface area contributed by atoms with Gasteiger partial charge in [0.15, 0.2) is 0 Å². The number of nitrogens with zero attached hydrogens (tertiary/aromatic N) is 1. The van der Waals surface area contributed by atoms with Crippen molar-refractivity contribution in [2.24, 2.45) is 0 Å². The Morgan fingerprint density at radius 1 is 1.27 bits per heavy atom. The maximum atomic E-state index is 15.0. The molecule has 0 bridgehead atoms. The van der Waals surface area contributed by atoms with Crippen molar-refractivity contribution in [1.82, 2.24) is 10.3 Å². The molecular formula is C23H24F4N4O2. The zero-order valence-corrected chi connectivity index (χ0v) is 18.1. The van der Waals surface area contributed by atoms with Crippen molar-refractivity contribution in [1.29, 1.82) is 0 Å². The number of hydrogen-bond donors (Lipinski definition) is 3. The lowest BCUT2D eigenvalue weighted by atomic mass is 10.0. The molecule has 10 heteroatoms. The molecule has 1 aromatic heterocycles. The molecule has 1 fully saturated rings. The number of H-pyrrole nitrogens is 1. The number of anilines is 2. The van der Waals surface area contributed by atoms with E-state index in [0.717, 1.165) is 6.20 Å². The van der Waals surface area contributed by atoms with Gasteiger partial charge in [0.2, 0.25) is 5.56 Å². The number of pyridine rings is 1. The number of alkyl halides is 3. The molecule has 3 N–H and O–H groups in total. The predicted octanol–water partition coefficient (Wildman–Crippen LogP) is 4.17. The molecule has 1 aliphatic heterocycles. The molecule has 6 nitrogen and oxygen atoms in total. The number of benzene rings is 1. The predicted molar refractivity (Wildman–Crippen MR) is 120 cm³/mol. The van der Waals surface area contributed by atoms with E-state index >= 15 is 0 Å². The first-order valence-electron chi connectivity index (χ1n) is 10.3. The Morgan fingerprint density at radius 2 is 2.00 bits per heavy atom. The number of piperazine rings is 1. The SMILES string of the molecule is C=C/C(=C\C)c1cc(NC(=O)c2c[nH]c(=O)cc2C(F)(F)F)c(N2CCN[C@@H](C)C2)cc1F. The number of amides is 1. The summed E-state index contributed by atoms with van der Waals surface area (Å²) < 4.78 is 55.3. The third kappa shape index (κ3) is 5.33. The quantitative estimate of drug-likeness (QED) is 0.459. The Labute approximate surface area is 188 Å². The maximum absolute atomic E-state index is 15.0. The highest BCUT2D eigenvalue weighted by Gasteiger charge is 2.36. The van der Waals surface area contributed by atoms with Gasteiger partial charge in [0.1, 0.15) is 5.82 Å². The molecular weight excluding hydrogens is 440 g/mol. The third-order valence-electron chi connectivity index (χ3n) is 5.36. The van der Waals surface area contributed by atoms with Crippen LogP contribution in [0.1, 0.15) is 35.3 Å². The van der Waals surface area contributed by atoms with Crippen LogP contribution in [-0.2, 0) is 6.18 Å². The average Bonchev–Trinajstić information content (AvgIpc) is 2.75. The second-order valence-electron chi connectivity index (χ2n) is 7.68. The van der Waals surface area contributed by atoms with E-state index < -0.39 is 34.6 Å². The topological polar surface area (TPSA) is 77.2 Å². The van der Waals surface area contributed by atoms with Crippen molar-refractivity contribution < 1.29 is 22.4 Å². The lowest BCUT2D eigenvalue weighted by molar-refractivity contribution is -0.138. The van der Waals surface area contributed by atoms with Crippen molar-refractivity contribution in [2.75, 3.05) is 29.9 Å². The van der Waals surface area contributed by atoms with Gasteiger partial charge in [-0.25, -0.2) is 4.39 Å². The van der Waals surface area contributed by atoms with Gasteiger partial charge in [-0.2, -0.15) is 13.2 Å². The van der Waals surface area contributed by atoms with Gasteiger partial charge in [-0.05, 0) is 31.6 Å². The minimum Gasteiger partial charge on any atom is -0.367 e. The Hall–Kier alpha value is -3.40. The molecule has 1 atom stereocenters. The number of aromatic nitrogens is 1. The monoisotopic (exact) mass is 464 g/mol. The fraction of sp³-hybridized carbons (Fsp3) is 0.304. The van der Waals surface area contributed by atoms with Crippen LogP contribution in [0, 0.1) is 5.82 Å². The average molecular weight is 464 g/mol. The van der Waals surface area contributed by atoms with Gasteiger partial charge >= 0.3 is 6.18 Å². The second kappa shape index (κ2) is 9.62. The molecule has 0 unspecified atom stereocenters. The van der Waals surface area contributed by atoms with Gasteiger partial charge in [0, 0.05) is 43.5 Å². The number of carbonyl (C=O) groups excluding carboxylic acids is 1. The first kappa shape index (κ1) is 24.2. The van der Waals surface area contributed by atoms with E-state index in [1.54, 1.807) is 13.0 Å². The number of halogens is 4. The highest BCUT2D eigenvalue weighted by molar-refractivity contribution is 6.07. The van der Waals surface area contributed by atoms with Crippen LogP contribution in [0.25, 0.3) is 5.57 Å². The fourth-order valence-electron chi connectivity index (χ4n) is 3.76. The van der Waals surface area contributed by atoms with E-state index in [0.29, 0.717) is 37.0 Å². The van der Waals surface area contributed by atoms with Crippen LogP contribution in [0.2, 0.25) is 0 Å². The summed E-state index contributed by atoms with van der Waals surface area (Å²) in [5, 5.41) is 5.75. The Balaban J connectivity index is 2.11. The number of allylic oxidation sites excluding steroid dienone is 3. The summed E-state index contributed by atoms with van der Waals surface area (Å²) in [5.74, 6) is -1.64. The molecule has 1 saturated heterocycles. The van der Waals surface area contributed by atoms with E-state index in [9.17, 15) is 27.2 Å². The molecule has 1 amide bonds. The first-order chi connectivity index (χ1) is 15.5. The van der Waals surface area contributed by atoms with Gasteiger partial charge < -0.3 is 20.5 Å². The lowest BCUT2D eigenvalue weighted by Crippen LogP contribution is -2.49. The molecule has 0 saturated carbocycles. The summed E-state index contributed by atoms with van der Waals surface area (Å²) in [5.41, 5.74) is -2.00. The van der Waals surface area contributed by atoms with Crippen molar-refractivity contribution in [3.63, 3.8) is 0 Å². The van der Waals surface area contributed by atoms with Gasteiger partial charge in [0.25, 0.3) is 5.91 Å². The number of aromatic amines is 1. The van der Waals surface area contributed by atoms with Crippen molar-refractivity contribution in [2.45, 2.75) is 26.1 Å². The summed E-state index contributed by atoms with van der Waals surface area (Å²) in [4.78, 5) is 28.3. The molecule has 33 heavy (non-hydrogen) atoms. The number of carbonyl (C=O) groups is 1. The summed E-state index contributed by atoms with van der Waals surface area (Å²) >= 11 is 0. The molecule has 3 rings (SSSR count). The van der Waals surface area contributed by atoms with Crippen LogP contribution in [0.15, 0.2) is 47.9 Å². The molecule has 2 heterocycles. The van der Waals surface area contributed by atoms with Gasteiger partial charge in [-0.15, -0.1) is 0 Å². The highest BCUT2D eigenvalue weighted by atomic mass is 19.4. The smallest absolute Gasteiger partial charge is 0.367 e. The summed E-state index contributed by atoms with van der Waals surface area (Å²) in [7, 11) is 0. The Kier molecular flexibility index (Phi) is 7.06. The van der Waals surface area contributed by atoms with Crippen molar-refractivity contribution in [3.05, 3.63) is 76.0 Å². The third-order valence-corrected chi connectivity index (χ3v) is 5.36. The molecule has 176 valence electrons. The maximum Gasteiger partial charge on any atom is 0.417 e. The zero-order valence-electron chi connectivity index (χ0n) is 18.1. The van der Waals surface area contributed by atoms with Crippen LogP contribution in [0.4, 0.5) is 28.9 Å². The van der Waals surface area contributed by atoms with Crippen LogP contribution in [0.5, 0.6) is 0 Å². The number of hydrogen-bond acceptors (Lipinski definition) is 4. The first-order valence-corrected chi connectivity index (χ1v) is 10.3. The van der Waals surface area contributed by atoms with Crippen molar-refractivity contribution >= 4 is 22.9 Å². The van der Waals surface area contributed by atoms with E-state index in [-0.39, 0.29) is 17.3 Å². The molecule has 1 aromatic carbocycles. The van der Waals surface area contributed by atoms with Crippen LogP contribution < -0.4 is 21.1 Å². The fourth-order valence-corrected chi connectivity index (χ4v) is 3.76. The largest absolute Gasteiger partial charge is 0.417 e. The van der Waals surface area contributed by atoms with Gasteiger partial charge in [0.05, 0.1) is 22.5 Å². The van der Waals surface area contributed by atoms with Crippen LogP contribution in [-0.4, -0.2) is 36.6 Å². The second-order valence-corrected chi connectivity index (χ2v) is 7.68. The standard InChI is InChI=1S/C23H24F4N4O2/c1-4-14(5-2)15-8-19(20(10-18(15)24)31-7-6-28-13(3)12-31)30-22(33)16-11-29-21(32)9-17(16)23(25,26)27/h4-5,8-11,13,28H,1,6-7,12H2,2-3H3,(H,29,32)(H,30,33)/b14-5+/t13-/m0/s1. The normalized spacial score (nSPS) is 17.1. The van der Waals surface area contributed by atoms with E-state index in [4.69, 9.17) is 0 Å². The van der Waals surface area contributed by atoms with Crippen molar-refractivity contribution in [3.8, 4) is 0 Å². The van der Waals surface area contributed by atoms with Gasteiger partial charge in [-0.1, -0.05) is 18.7 Å².